The summed E-state index contributed by atoms with van der Waals surface area (Å²) >= 11 is 0. The first-order valence-corrected chi connectivity index (χ1v) is 30.4. The number of alkyl carbamates (subject to hydrolysis) is 2. The monoisotopic (exact) mass is 1190 g/mol. The molecule has 0 spiro atoms. The van der Waals surface area contributed by atoms with Gasteiger partial charge in [-0.1, -0.05) is 199 Å². The Bertz CT molecular complexity index is 3350. The van der Waals surface area contributed by atoms with Crippen molar-refractivity contribution in [2.75, 3.05) is 13.2 Å². The molecule has 0 fully saturated rings. The Balaban J connectivity index is 0.000000252. The molecular weight excluding hydrogens is 1110 g/mol. The summed E-state index contributed by atoms with van der Waals surface area (Å²) in [5.41, 5.74) is 8.01. The van der Waals surface area contributed by atoms with Crippen molar-refractivity contribution in [3.63, 3.8) is 0 Å². The van der Waals surface area contributed by atoms with Crippen LogP contribution < -0.4 is 20.1 Å². The normalized spacial score (nSPS) is 11.6. The van der Waals surface area contributed by atoms with E-state index in [4.69, 9.17) is 23.7 Å². The van der Waals surface area contributed by atoms with E-state index in [1.54, 1.807) is 33.2 Å². The van der Waals surface area contributed by atoms with Crippen LogP contribution in [0.1, 0.15) is 121 Å². The van der Waals surface area contributed by atoms with Crippen LogP contribution in [-0.2, 0) is 49.9 Å². The predicted molar refractivity (Wildman–Crippen MR) is 342 cm³/mol. The fourth-order valence-electron chi connectivity index (χ4n) is 9.16. The van der Waals surface area contributed by atoms with Gasteiger partial charge in [0.1, 0.15) is 42.4 Å². The average Bonchev–Trinajstić information content (AvgIpc) is 3.61. The molecule has 16 nitrogen and oxygen atoms in total. The Kier molecular flexibility index (Phi) is 26.5. The van der Waals surface area contributed by atoms with Crippen LogP contribution in [0, 0.1) is 0 Å². The van der Waals surface area contributed by atoms with Gasteiger partial charge >= 0.3 is 24.1 Å². The van der Waals surface area contributed by atoms with Crippen molar-refractivity contribution in [3.05, 3.63) is 205 Å². The van der Waals surface area contributed by atoms with Gasteiger partial charge in [-0.15, -0.1) is 0 Å². The van der Waals surface area contributed by atoms with Crippen LogP contribution in [0.3, 0.4) is 0 Å². The van der Waals surface area contributed by atoms with E-state index >= 15 is 0 Å². The lowest BCUT2D eigenvalue weighted by Gasteiger charge is -2.24. The lowest BCUT2D eigenvalue weighted by atomic mass is 10.0. The zero-order valence-corrected chi connectivity index (χ0v) is 51.2. The number of benzene rings is 6. The highest BCUT2D eigenvalue weighted by molar-refractivity contribution is 5.82. The van der Waals surface area contributed by atoms with Crippen molar-refractivity contribution in [1.29, 1.82) is 0 Å². The number of unbranched alkanes of at least 4 members (excludes halogenated alkanes) is 8. The van der Waals surface area contributed by atoms with Crippen molar-refractivity contribution in [2.45, 2.75) is 143 Å². The molecule has 460 valence electrons. The number of hydrogen-bond donors (Lipinski definition) is 3. The lowest BCUT2D eigenvalue weighted by molar-refractivity contribution is -0.157. The van der Waals surface area contributed by atoms with Gasteiger partial charge in [0.15, 0.2) is 11.6 Å². The number of aromatic nitrogens is 4. The van der Waals surface area contributed by atoms with Gasteiger partial charge < -0.3 is 39.4 Å². The second-order valence-corrected chi connectivity index (χ2v) is 22.4. The van der Waals surface area contributed by atoms with Gasteiger partial charge in [0, 0.05) is 59.9 Å². The molecule has 2 amide bonds. The van der Waals surface area contributed by atoms with Crippen LogP contribution in [0.5, 0.6) is 11.5 Å². The molecule has 0 saturated heterocycles. The first-order chi connectivity index (χ1) is 42.7. The van der Waals surface area contributed by atoms with E-state index in [9.17, 15) is 24.3 Å². The molecule has 3 N–H and O–H groups in total. The summed E-state index contributed by atoms with van der Waals surface area (Å²) in [6.07, 6.45) is 18.2. The predicted octanol–water partition coefficient (Wildman–Crippen LogP) is 15.4. The van der Waals surface area contributed by atoms with Gasteiger partial charge in [0.05, 0.1) is 13.2 Å². The standard InChI is InChI=1S/C38H45N3O5.C34H37N3O5/c1-5-6-7-8-12-23-44-33-21-19-30(20-22-33)32-25-39-35(40-26-32)31-17-15-28(16-18-31)24-34(36(42)46-38(2,3)4)41-37(43)45-27-29-13-10-9-11-14-29;1-2-3-4-5-9-20-41-30-18-16-27(17-19-30)29-22-35-32(36-23-29)28-14-12-25(13-15-28)21-31(33(38)39)37-34(40)42-24-26-10-7-6-8-11-26/h9-11,13-22,25-26,34H,5-8,12,23-24,27H2,1-4H3,(H,41,43);6-8,10-19,22-23,31H,2-5,9,20-21,24H2,1H3,(H,37,40)(H,38,39)/t34-;31-/m00/s1. The Morgan fingerprint density at radius 1 is 0.432 bits per heavy atom. The molecule has 8 rings (SSSR count). The Morgan fingerprint density at radius 2 is 0.795 bits per heavy atom. The summed E-state index contributed by atoms with van der Waals surface area (Å²) < 4.78 is 27.8. The van der Waals surface area contributed by atoms with Crippen molar-refractivity contribution in [2.24, 2.45) is 0 Å². The van der Waals surface area contributed by atoms with Crippen molar-refractivity contribution >= 4 is 24.1 Å². The molecule has 2 heterocycles. The zero-order valence-electron chi connectivity index (χ0n) is 51.2. The summed E-state index contributed by atoms with van der Waals surface area (Å²) in [6.45, 7) is 11.4. The Labute approximate surface area is 517 Å². The molecule has 16 heteroatoms. The average molecular weight is 1190 g/mol. The van der Waals surface area contributed by atoms with Crippen LogP contribution in [0.4, 0.5) is 9.59 Å². The molecule has 0 bridgehead atoms. The van der Waals surface area contributed by atoms with E-state index in [1.165, 1.54) is 51.4 Å². The van der Waals surface area contributed by atoms with Gasteiger partial charge in [0.25, 0.3) is 0 Å². The largest absolute Gasteiger partial charge is 0.494 e. The van der Waals surface area contributed by atoms with E-state index in [1.807, 2.05) is 170 Å². The minimum Gasteiger partial charge on any atom is -0.494 e. The molecule has 6 aromatic carbocycles. The quantitative estimate of drug-likeness (QED) is 0.0217. The SMILES string of the molecule is CCCCCCCOc1ccc(-c2cnc(-c3ccc(C[C@H](NC(=O)OCc4ccccc4)C(=O)O)cc3)nc2)cc1.CCCCCCCOc1ccc(-c2cnc(-c3ccc(C[C@H](NC(=O)OCc4ccccc4)C(=O)OC(C)(C)C)cc3)nc2)cc1. The highest BCUT2D eigenvalue weighted by Crippen LogP contribution is 2.26. The minimum absolute atomic E-state index is 0.0610. The maximum Gasteiger partial charge on any atom is 0.408 e. The van der Waals surface area contributed by atoms with Gasteiger partial charge in [-0.05, 0) is 91.3 Å². The molecule has 0 radical (unpaired) electrons. The second kappa shape index (κ2) is 35.3. The first kappa shape index (κ1) is 66.1. The highest BCUT2D eigenvalue weighted by Gasteiger charge is 2.28. The third-order valence-corrected chi connectivity index (χ3v) is 14.0. The number of esters is 1. The van der Waals surface area contributed by atoms with Crippen molar-refractivity contribution in [1.82, 2.24) is 30.6 Å². The topological polar surface area (TPSA) is 210 Å². The number of hydrogen-bond acceptors (Lipinski definition) is 13. The number of ether oxygens (including phenoxy) is 5. The molecule has 8 aromatic rings. The number of carbonyl (C=O) groups excluding carboxylic acids is 3. The molecular formula is C72H82N6O10. The van der Waals surface area contributed by atoms with Crippen LogP contribution in [0.15, 0.2) is 183 Å². The lowest BCUT2D eigenvalue weighted by Crippen LogP contribution is -2.45. The molecule has 88 heavy (non-hydrogen) atoms. The molecule has 2 atom stereocenters. The van der Waals surface area contributed by atoms with Crippen molar-refractivity contribution < 1.29 is 48.0 Å². The van der Waals surface area contributed by atoms with Gasteiger partial charge in [0.2, 0.25) is 0 Å². The fourth-order valence-corrected chi connectivity index (χ4v) is 9.16. The number of rotatable bonds is 30. The Hall–Kier alpha value is -9.44. The third kappa shape index (κ3) is 23.1. The molecule has 0 unspecified atom stereocenters. The van der Waals surface area contributed by atoms with Crippen molar-refractivity contribution in [3.8, 4) is 56.5 Å². The zero-order chi connectivity index (χ0) is 62.4. The minimum atomic E-state index is -1.14. The highest BCUT2D eigenvalue weighted by atomic mass is 16.6. The molecule has 0 aliphatic rings. The van der Waals surface area contributed by atoms with Gasteiger partial charge in [-0.2, -0.15) is 0 Å². The number of carboxylic acid groups (broad SMARTS) is 1. The fraction of sp³-hybridized carbons (Fsp3) is 0.333. The van der Waals surface area contributed by atoms with Crippen LogP contribution in [0.2, 0.25) is 0 Å². The van der Waals surface area contributed by atoms with E-state index in [0.717, 1.165) is 93.2 Å². The van der Waals surface area contributed by atoms with Crippen LogP contribution in [-0.4, -0.2) is 80.1 Å². The number of amides is 2. The summed E-state index contributed by atoms with van der Waals surface area (Å²) in [5, 5.41) is 14.7. The third-order valence-electron chi connectivity index (χ3n) is 14.0. The maximum absolute atomic E-state index is 13.0. The first-order valence-electron chi connectivity index (χ1n) is 30.4. The summed E-state index contributed by atoms with van der Waals surface area (Å²) in [4.78, 5) is 67.8. The number of nitrogens with one attached hydrogen (secondary N) is 2. The van der Waals surface area contributed by atoms with Crippen LogP contribution in [0.25, 0.3) is 45.0 Å². The summed E-state index contributed by atoms with van der Waals surface area (Å²) in [6, 6.07) is 47.3. The molecule has 2 aromatic heterocycles. The molecule has 0 aliphatic carbocycles. The number of carboxylic acids is 1. The number of aliphatic carboxylic acids is 1. The molecule has 0 aliphatic heterocycles. The van der Waals surface area contributed by atoms with E-state index in [-0.39, 0.29) is 26.1 Å². The second-order valence-electron chi connectivity index (χ2n) is 22.4. The summed E-state index contributed by atoms with van der Waals surface area (Å²) in [5.74, 6) is 1.20. The van der Waals surface area contributed by atoms with E-state index < -0.39 is 41.8 Å². The van der Waals surface area contributed by atoms with E-state index in [0.29, 0.717) is 11.6 Å². The molecule has 0 saturated carbocycles. The number of carbonyl (C=O) groups is 4. The van der Waals surface area contributed by atoms with E-state index in [2.05, 4.69) is 44.4 Å². The number of nitrogens with zero attached hydrogens (tertiary/aromatic N) is 4. The smallest absolute Gasteiger partial charge is 0.408 e. The Morgan fingerprint density at radius 3 is 1.17 bits per heavy atom. The van der Waals surface area contributed by atoms with Gasteiger partial charge in [-0.25, -0.2) is 39.1 Å². The maximum atomic E-state index is 13.0. The van der Waals surface area contributed by atoms with Gasteiger partial charge in [-0.3, -0.25) is 0 Å². The van der Waals surface area contributed by atoms with Crippen LogP contribution >= 0.6 is 0 Å². The summed E-state index contributed by atoms with van der Waals surface area (Å²) in [7, 11) is 0.